The highest BCUT2D eigenvalue weighted by Crippen LogP contribution is 2.32. The van der Waals surface area contributed by atoms with Crippen molar-refractivity contribution in [2.45, 2.75) is 39.2 Å². The van der Waals surface area contributed by atoms with E-state index in [2.05, 4.69) is 22.1 Å². The highest BCUT2D eigenvalue weighted by Gasteiger charge is 2.28. The Morgan fingerprint density at radius 3 is 2.88 bits per heavy atom. The van der Waals surface area contributed by atoms with Gasteiger partial charge in [0.05, 0.1) is 10.9 Å². The Bertz CT molecular complexity index is 860. The minimum Gasteiger partial charge on any atom is -0.460 e. The molecule has 1 atom stereocenters. The first-order chi connectivity index (χ1) is 12.3. The van der Waals surface area contributed by atoms with E-state index in [1.807, 2.05) is 38.3 Å². The molecule has 1 aliphatic rings. The van der Waals surface area contributed by atoms with Crippen LogP contribution in [0.4, 0.5) is 5.69 Å². The summed E-state index contributed by atoms with van der Waals surface area (Å²) in [4.78, 5) is 16.6. The maximum Gasteiger partial charge on any atom is 0.311 e. The van der Waals surface area contributed by atoms with Crippen LogP contribution in [0.25, 0.3) is 0 Å². The number of fused-ring (bicyclic) bond motifs is 1. The van der Waals surface area contributed by atoms with Crippen LogP contribution in [-0.4, -0.2) is 23.1 Å². The molecule has 4 nitrogen and oxygen atoms in total. The number of carbonyl (C=O) groups is 1. The van der Waals surface area contributed by atoms with Gasteiger partial charge >= 0.3 is 5.97 Å². The van der Waals surface area contributed by atoms with Gasteiger partial charge in [0.2, 0.25) is 0 Å². The van der Waals surface area contributed by atoms with Crippen molar-refractivity contribution in [2.24, 2.45) is 5.92 Å². The summed E-state index contributed by atoms with van der Waals surface area (Å²) in [5.41, 5.74) is 2.34. The summed E-state index contributed by atoms with van der Waals surface area (Å²) in [7, 11) is 0. The summed E-state index contributed by atoms with van der Waals surface area (Å²) in [5, 5.41) is 6.63. The minimum absolute atomic E-state index is 0.167. The van der Waals surface area contributed by atoms with Gasteiger partial charge in [-0.25, -0.2) is 4.98 Å². The summed E-state index contributed by atoms with van der Waals surface area (Å²) in [6.45, 7) is 6.20. The topological polar surface area (TPSA) is 51.2 Å². The quantitative estimate of drug-likeness (QED) is 0.576. The van der Waals surface area contributed by atoms with E-state index in [-0.39, 0.29) is 11.9 Å². The van der Waals surface area contributed by atoms with Gasteiger partial charge in [-0.05, 0) is 57.2 Å². The average Bonchev–Trinajstić information content (AvgIpc) is 2.97. The Labute approximate surface area is 162 Å². The minimum atomic E-state index is -0.482. The van der Waals surface area contributed by atoms with Crippen molar-refractivity contribution in [3.8, 4) is 11.8 Å². The maximum absolute atomic E-state index is 12.4. The molecule has 1 aromatic heterocycles. The summed E-state index contributed by atoms with van der Waals surface area (Å²) in [6, 6.07) is 3.79. The number of nitrogens with zero attached hydrogens (tertiary/aromatic N) is 1. The lowest BCUT2D eigenvalue weighted by Gasteiger charge is -2.23. The zero-order valence-electron chi connectivity index (χ0n) is 15.1. The number of carbonyl (C=O) groups excluding carboxylic acids is 1. The number of esters is 1. The molecule has 0 radical (unpaired) electrons. The standard InChI is InChI=1S/C20H21ClN2O2S/c1-20(2,3)25-19(24)13-4-5-15-14(6-9-18-22-10-11-26-18)16(21)7-8-17(15)23-12-13/h7-8,10-11,13,23H,4-5,12H2,1-3H3. The van der Waals surface area contributed by atoms with Crippen LogP contribution in [0.2, 0.25) is 5.02 Å². The number of benzene rings is 1. The number of nitrogens with one attached hydrogen (secondary N) is 1. The lowest BCUT2D eigenvalue weighted by molar-refractivity contribution is -0.159. The summed E-state index contributed by atoms with van der Waals surface area (Å²) >= 11 is 7.90. The smallest absolute Gasteiger partial charge is 0.311 e. The molecule has 1 aliphatic heterocycles. The third kappa shape index (κ3) is 4.57. The van der Waals surface area contributed by atoms with Gasteiger partial charge in [0.25, 0.3) is 0 Å². The van der Waals surface area contributed by atoms with E-state index in [4.69, 9.17) is 16.3 Å². The molecule has 26 heavy (non-hydrogen) atoms. The third-order valence-corrected chi connectivity index (χ3v) is 5.01. The summed E-state index contributed by atoms with van der Waals surface area (Å²) in [5.74, 6) is 5.87. The third-order valence-electron chi connectivity index (χ3n) is 4.01. The number of rotatable bonds is 1. The second-order valence-electron chi connectivity index (χ2n) is 7.19. The predicted molar refractivity (Wildman–Crippen MR) is 106 cm³/mol. The Balaban J connectivity index is 1.84. The largest absolute Gasteiger partial charge is 0.460 e. The fourth-order valence-electron chi connectivity index (χ4n) is 2.82. The second-order valence-corrected chi connectivity index (χ2v) is 8.49. The van der Waals surface area contributed by atoms with Gasteiger partial charge in [0, 0.05) is 29.4 Å². The second kappa shape index (κ2) is 7.69. The van der Waals surface area contributed by atoms with Crippen LogP contribution in [-0.2, 0) is 16.0 Å². The van der Waals surface area contributed by atoms with E-state index in [1.165, 1.54) is 11.3 Å². The first-order valence-corrected chi connectivity index (χ1v) is 9.79. The molecular weight excluding hydrogens is 368 g/mol. The van der Waals surface area contributed by atoms with Gasteiger partial charge < -0.3 is 10.1 Å². The van der Waals surface area contributed by atoms with Crippen molar-refractivity contribution in [3.05, 3.63) is 44.9 Å². The number of thiazole rings is 1. The molecule has 0 saturated heterocycles. The van der Waals surface area contributed by atoms with Gasteiger partial charge in [-0.2, -0.15) is 0 Å². The molecule has 2 aromatic rings. The summed E-state index contributed by atoms with van der Waals surface area (Å²) < 4.78 is 5.54. The molecule has 0 fully saturated rings. The monoisotopic (exact) mass is 388 g/mol. The van der Waals surface area contributed by atoms with Crippen LogP contribution in [0.5, 0.6) is 0 Å². The lowest BCUT2D eigenvalue weighted by atomic mass is 9.97. The van der Waals surface area contributed by atoms with Crippen molar-refractivity contribution in [1.82, 2.24) is 4.98 Å². The van der Waals surface area contributed by atoms with E-state index >= 15 is 0 Å². The molecule has 0 aliphatic carbocycles. The number of ether oxygens (including phenoxy) is 1. The average molecular weight is 389 g/mol. The molecule has 6 heteroatoms. The first kappa shape index (κ1) is 18.8. The van der Waals surface area contributed by atoms with Gasteiger partial charge in [0.1, 0.15) is 5.60 Å². The molecule has 3 rings (SSSR count). The van der Waals surface area contributed by atoms with Crippen LogP contribution in [0.15, 0.2) is 23.7 Å². The van der Waals surface area contributed by atoms with Crippen molar-refractivity contribution >= 4 is 34.6 Å². The molecule has 1 unspecified atom stereocenters. The molecular formula is C20H21ClN2O2S. The van der Waals surface area contributed by atoms with Crippen LogP contribution in [0.3, 0.4) is 0 Å². The van der Waals surface area contributed by atoms with Crippen molar-refractivity contribution in [3.63, 3.8) is 0 Å². The number of anilines is 1. The number of hydrogen-bond acceptors (Lipinski definition) is 5. The first-order valence-electron chi connectivity index (χ1n) is 8.53. The molecule has 2 heterocycles. The van der Waals surface area contributed by atoms with Crippen LogP contribution >= 0.6 is 22.9 Å². The number of halogens is 1. The highest BCUT2D eigenvalue weighted by molar-refractivity contribution is 7.10. The Hall–Kier alpha value is -2.03. The predicted octanol–water partition coefficient (Wildman–Crippen LogP) is 4.51. The van der Waals surface area contributed by atoms with Gasteiger partial charge in [0.15, 0.2) is 5.01 Å². The van der Waals surface area contributed by atoms with E-state index in [9.17, 15) is 4.79 Å². The van der Waals surface area contributed by atoms with Crippen molar-refractivity contribution in [2.75, 3.05) is 11.9 Å². The van der Waals surface area contributed by atoms with Crippen LogP contribution < -0.4 is 5.32 Å². The van der Waals surface area contributed by atoms with E-state index in [1.54, 1.807) is 6.20 Å². The van der Waals surface area contributed by atoms with Gasteiger partial charge in [-0.15, -0.1) is 11.3 Å². The highest BCUT2D eigenvalue weighted by atomic mass is 35.5. The molecule has 0 amide bonds. The SMILES string of the molecule is CC(C)(C)OC(=O)C1CCc2c(ccc(Cl)c2C#Cc2nccs2)NC1. The molecule has 0 saturated carbocycles. The molecule has 1 N–H and O–H groups in total. The van der Waals surface area contributed by atoms with Crippen molar-refractivity contribution in [1.29, 1.82) is 0 Å². The molecule has 1 aromatic carbocycles. The number of hydrogen-bond donors (Lipinski definition) is 1. The summed E-state index contributed by atoms with van der Waals surface area (Å²) in [6.07, 6.45) is 3.14. The van der Waals surface area contributed by atoms with Gasteiger partial charge in [-0.1, -0.05) is 17.5 Å². The van der Waals surface area contributed by atoms with E-state index in [0.29, 0.717) is 24.4 Å². The zero-order chi connectivity index (χ0) is 18.7. The molecule has 136 valence electrons. The fraction of sp³-hybridized carbons (Fsp3) is 0.400. The normalized spacial score (nSPS) is 16.5. The Kier molecular flexibility index (Phi) is 5.55. The van der Waals surface area contributed by atoms with E-state index in [0.717, 1.165) is 21.8 Å². The Morgan fingerprint density at radius 2 is 2.19 bits per heavy atom. The fourth-order valence-corrected chi connectivity index (χ4v) is 3.53. The van der Waals surface area contributed by atoms with Crippen LogP contribution in [0.1, 0.15) is 43.3 Å². The lowest BCUT2D eigenvalue weighted by Crippen LogP contribution is -2.31. The Morgan fingerprint density at radius 1 is 1.38 bits per heavy atom. The van der Waals surface area contributed by atoms with E-state index < -0.39 is 5.60 Å². The zero-order valence-corrected chi connectivity index (χ0v) is 16.6. The molecule has 0 spiro atoms. The van der Waals surface area contributed by atoms with Crippen molar-refractivity contribution < 1.29 is 9.53 Å². The maximum atomic E-state index is 12.4. The number of aromatic nitrogens is 1. The van der Waals surface area contributed by atoms with Crippen LogP contribution in [0, 0.1) is 17.8 Å². The molecule has 0 bridgehead atoms. The van der Waals surface area contributed by atoms with Gasteiger partial charge in [-0.3, -0.25) is 4.79 Å².